The lowest BCUT2D eigenvalue weighted by Crippen LogP contribution is -2.48. The van der Waals surface area contributed by atoms with Crippen molar-refractivity contribution in [3.8, 4) is 10.8 Å². The van der Waals surface area contributed by atoms with Crippen LogP contribution < -0.4 is 0 Å². The van der Waals surface area contributed by atoms with Gasteiger partial charge < -0.3 is 14.2 Å². The highest BCUT2D eigenvalue weighted by atomic mass is 32.1. The first-order valence-electron chi connectivity index (χ1n) is 6.79. The number of likely N-dealkylation sites (N-methyl/N-ethyl adjacent to an activating group) is 1. The molecule has 1 amide bonds. The summed E-state index contributed by atoms with van der Waals surface area (Å²) in [6, 6.07) is 3.68. The van der Waals surface area contributed by atoms with Crippen LogP contribution in [0.25, 0.3) is 10.8 Å². The Labute approximate surface area is 121 Å². The maximum absolute atomic E-state index is 12.4. The van der Waals surface area contributed by atoms with Crippen molar-refractivity contribution in [2.45, 2.75) is 6.92 Å². The molecule has 3 heterocycles. The number of nitrogens with zero attached hydrogens (tertiary/aromatic N) is 3. The zero-order chi connectivity index (χ0) is 13.9. The number of amides is 1. The van der Waals surface area contributed by atoms with Gasteiger partial charge in [-0.1, -0.05) is 6.92 Å². The lowest BCUT2D eigenvalue weighted by atomic mass is 10.3. The molecule has 0 unspecified atom stereocenters. The van der Waals surface area contributed by atoms with E-state index >= 15 is 0 Å². The standard InChI is InChI=1S/C14H17N3O2S/c1-2-16-5-7-17(8-6-16)14(18)11-10-20-13(15-11)12-4-3-9-19-12/h3-4,9-10H,2,5-8H2,1H3. The molecule has 0 radical (unpaired) electrons. The Morgan fingerprint density at radius 3 is 2.85 bits per heavy atom. The van der Waals surface area contributed by atoms with Crippen LogP contribution in [0.2, 0.25) is 0 Å². The van der Waals surface area contributed by atoms with Gasteiger partial charge in [0.15, 0.2) is 10.8 Å². The summed E-state index contributed by atoms with van der Waals surface area (Å²) in [5, 5.41) is 2.57. The zero-order valence-corrected chi connectivity index (χ0v) is 12.2. The maximum Gasteiger partial charge on any atom is 0.273 e. The van der Waals surface area contributed by atoms with Crippen molar-refractivity contribution in [3.63, 3.8) is 0 Å². The van der Waals surface area contributed by atoms with E-state index in [0.717, 1.165) is 37.7 Å². The van der Waals surface area contributed by atoms with Gasteiger partial charge in [0.2, 0.25) is 0 Å². The van der Waals surface area contributed by atoms with E-state index in [1.807, 2.05) is 22.4 Å². The number of hydrogen-bond acceptors (Lipinski definition) is 5. The number of piperazine rings is 1. The van der Waals surface area contributed by atoms with E-state index in [-0.39, 0.29) is 5.91 Å². The van der Waals surface area contributed by atoms with Gasteiger partial charge >= 0.3 is 0 Å². The van der Waals surface area contributed by atoms with Crippen molar-refractivity contribution < 1.29 is 9.21 Å². The highest BCUT2D eigenvalue weighted by molar-refractivity contribution is 7.13. The summed E-state index contributed by atoms with van der Waals surface area (Å²) in [7, 11) is 0. The van der Waals surface area contributed by atoms with Gasteiger partial charge in [-0.25, -0.2) is 4.98 Å². The first-order chi connectivity index (χ1) is 9.78. The molecule has 0 aromatic carbocycles. The number of rotatable bonds is 3. The predicted molar refractivity (Wildman–Crippen MR) is 77.8 cm³/mol. The molecule has 0 aliphatic carbocycles. The van der Waals surface area contributed by atoms with E-state index in [1.165, 1.54) is 11.3 Å². The quantitative estimate of drug-likeness (QED) is 0.869. The van der Waals surface area contributed by atoms with Crippen LogP contribution in [0.5, 0.6) is 0 Å². The third kappa shape index (κ3) is 2.62. The Kier molecular flexibility index (Phi) is 3.84. The SMILES string of the molecule is CCN1CCN(C(=O)c2csc(-c3ccco3)n2)CC1. The number of carbonyl (C=O) groups excluding carboxylic acids is 1. The Bertz CT molecular complexity index is 571. The van der Waals surface area contributed by atoms with Gasteiger partial charge in [-0.15, -0.1) is 11.3 Å². The molecule has 1 aliphatic heterocycles. The molecule has 0 atom stereocenters. The zero-order valence-electron chi connectivity index (χ0n) is 11.4. The first-order valence-corrected chi connectivity index (χ1v) is 7.67. The van der Waals surface area contributed by atoms with Crippen LogP contribution >= 0.6 is 11.3 Å². The third-order valence-corrected chi connectivity index (χ3v) is 4.42. The minimum absolute atomic E-state index is 0.0230. The van der Waals surface area contributed by atoms with Crippen molar-refractivity contribution in [1.82, 2.24) is 14.8 Å². The maximum atomic E-state index is 12.4. The average Bonchev–Trinajstić information content (AvgIpc) is 3.17. The predicted octanol–water partition coefficient (Wildman–Crippen LogP) is 2.18. The van der Waals surface area contributed by atoms with Crippen molar-refractivity contribution in [1.29, 1.82) is 0 Å². The number of thiazole rings is 1. The number of aromatic nitrogens is 1. The number of carbonyl (C=O) groups is 1. The monoisotopic (exact) mass is 291 g/mol. The fourth-order valence-electron chi connectivity index (χ4n) is 2.31. The number of hydrogen-bond donors (Lipinski definition) is 0. The van der Waals surface area contributed by atoms with E-state index in [0.29, 0.717) is 11.5 Å². The van der Waals surface area contributed by atoms with Gasteiger partial charge in [0.1, 0.15) is 5.69 Å². The van der Waals surface area contributed by atoms with E-state index in [2.05, 4.69) is 16.8 Å². The molecule has 1 fully saturated rings. The summed E-state index contributed by atoms with van der Waals surface area (Å²) in [5.74, 6) is 0.736. The van der Waals surface area contributed by atoms with Crippen LogP contribution in [0.1, 0.15) is 17.4 Å². The molecule has 2 aromatic rings. The normalized spacial score (nSPS) is 16.6. The van der Waals surface area contributed by atoms with E-state index in [4.69, 9.17) is 4.42 Å². The fraction of sp³-hybridized carbons (Fsp3) is 0.429. The molecule has 0 saturated carbocycles. The topological polar surface area (TPSA) is 49.6 Å². The van der Waals surface area contributed by atoms with E-state index in [9.17, 15) is 4.79 Å². The highest BCUT2D eigenvalue weighted by Crippen LogP contribution is 2.24. The van der Waals surface area contributed by atoms with Crippen molar-refractivity contribution >= 4 is 17.2 Å². The minimum atomic E-state index is 0.0230. The van der Waals surface area contributed by atoms with Crippen molar-refractivity contribution in [2.24, 2.45) is 0 Å². The van der Waals surface area contributed by atoms with Gasteiger partial charge in [-0.05, 0) is 18.7 Å². The molecule has 2 aromatic heterocycles. The lowest BCUT2D eigenvalue weighted by molar-refractivity contribution is 0.0638. The first kappa shape index (κ1) is 13.3. The largest absolute Gasteiger partial charge is 0.462 e. The molecular formula is C14H17N3O2S. The summed E-state index contributed by atoms with van der Waals surface area (Å²) in [5.41, 5.74) is 0.520. The Morgan fingerprint density at radius 2 is 2.20 bits per heavy atom. The van der Waals surface area contributed by atoms with Gasteiger partial charge in [0.25, 0.3) is 5.91 Å². The minimum Gasteiger partial charge on any atom is -0.462 e. The molecule has 0 N–H and O–H groups in total. The lowest BCUT2D eigenvalue weighted by Gasteiger charge is -2.33. The fourth-order valence-corrected chi connectivity index (χ4v) is 3.07. The molecule has 6 heteroatoms. The summed E-state index contributed by atoms with van der Waals surface area (Å²) in [4.78, 5) is 21.0. The molecule has 1 aliphatic rings. The molecular weight excluding hydrogens is 274 g/mol. The summed E-state index contributed by atoms with van der Waals surface area (Å²) in [6.45, 7) is 6.63. The Balaban J connectivity index is 1.69. The second-order valence-corrected chi connectivity index (χ2v) is 5.60. The van der Waals surface area contributed by atoms with Crippen LogP contribution in [0, 0.1) is 0 Å². The van der Waals surface area contributed by atoms with E-state index in [1.54, 1.807) is 6.26 Å². The molecule has 1 saturated heterocycles. The van der Waals surface area contributed by atoms with Gasteiger partial charge in [0.05, 0.1) is 6.26 Å². The summed E-state index contributed by atoms with van der Waals surface area (Å²) >= 11 is 1.44. The van der Waals surface area contributed by atoms with Gasteiger partial charge in [0, 0.05) is 31.6 Å². The van der Waals surface area contributed by atoms with Crippen LogP contribution in [-0.4, -0.2) is 53.4 Å². The molecule has 5 nitrogen and oxygen atoms in total. The van der Waals surface area contributed by atoms with Gasteiger partial charge in [-0.2, -0.15) is 0 Å². The summed E-state index contributed by atoms with van der Waals surface area (Å²) in [6.07, 6.45) is 1.61. The second-order valence-electron chi connectivity index (χ2n) is 4.74. The average molecular weight is 291 g/mol. The Morgan fingerprint density at radius 1 is 1.40 bits per heavy atom. The van der Waals surface area contributed by atoms with Crippen molar-refractivity contribution in [2.75, 3.05) is 32.7 Å². The van der Waals surface area contributed by atoms with Crippen LogP contribution in [0.4, 0.5) is 0 Å². The van der Waals surface area contributed by atoms with Gasteiger partial charge in [-0.3, -0.25) is 4.79 Å². The summed E-state index contributed by atoms with van der Waals surface area (Å²) < 4.78 is 5.30. The molecule has 0 spiro atoms. The van der Waals surface area contributed by atoms with Crippen LogP contribution in [-0.2, 0) is 0 Å². The third-order valence-electron chi connectivity index (χ3n) is 3.56. The smallest absolute Gasteiger partial charge is 0.273 e. The highest BCUT2D eigenvalue weighted by Gasteiger charge is 2.23. The second kappa shape index (κ2) is 5.76. The molecule has 106 valence electrons. The van der Waals surface area contributed by atoms with Crippen molar-refractivity contribution in [3.05, 3.63) is 29.5 Å². The molecule has 3 rings (SSSR count). The molecule has 0 bridgehead atoms. The Hall–Kier alpha value is -1.66. The van der Waals surface area contributed by atoms with E-state index < -0.39 is 0 Å². The van der Waals surface area contributed by atoms with Crippen LogP contribution in [0.3, 0.4) is 0 Å². The molecule has 20 heavy (non-hydrogen) atoms. The number of furan rings is 1. The van der Waals surface area contributed by atoms with Crippen LogP contribution in [0.15, 0.2) is 28.2 Å².